The van der Waals surface area contributed by atoms with Gasteiger partial charge in [-0.05, 0) is 185 Å². The van der Waals surface area contributed by atoms with Crippen LogP contribution in [0.15, 0.2) is 277 Å². The number of rotatable bonds is 7. The smallest absolute Gasteiger partial charge is 0.252 e. The molecule has 0 aliphatic carbocycles. The Labute approximate surface area is 598 Å². The second kappa shape index (κ2) is 22.2. The SMILES string of the molecule is [2H]c1c([2H])c([2H])c2c(c1[2H])c1c([2H])c([2H])c([2H])c([2H])c1n2-c1ccc2c(c1)N(c1cc(-c3ccccc3)cc3c1c1ccccc1n3-c1cccc(C(C)(C)C)c1)c1cc(C(C)(C)C)cc3c1B2c1ccc(-c2cc(C(C)(C)C)cc(C(C)(C)C)c2)cc1N3c1cc(-c2ccccc2)cc2oc3ccccc3c12. The Hall–Kier alpha value is -11.1. The summed E-state index contributed by atoms with van der Waals surface area (Å²) in [5, 5.41) is 4.00. The maximum atomic E-state index is 9.85. The number of anilines is 6. The zero-order valence-electron chi connectivity index (χ0n) is 66.6. The Balaban J connectivity index is 1.04. The van der Waals surface area contributed by atoms with Crippen LogP contribution in [0.1, 0.15) is 116 Å². The molecule has 0 fully saturated rings. The molecule has 486 valence electrons. The van der Waals surface area contributed by atoms with E-state index in [9.17, 15) is 8.22 Å². The first kappa shape index (κ1) is 53.0. The van der Waals surface area contributed by atoms with Crippen LogP contribution in [-0.2, 0) is 21.7 Å². The third-order valence-electron chi connectivity index (χ3n) is 21.1. The van der Waals surface area contributed by atoms with Crippen LogP contribution in [0.25, 0.3) is 110 Å². The highest BCUT2D eigenvalue weighted by Gasteiger charge is 2.46. The van der Waals surface area contributed by atoms with Gasteiger partial charge in [0.15, 0.2) is 0 Å². The summed E-state index contributed by atoms with van der Waals surface area (Å²) in [6.07, 6.45) is 0. The topological polar surface area (TPSA) is 29.5 Å². The van der Waals surface area contributed by atoms with Crippen LogP contribution >= 0.6 is 0 Å². The highest BCUT2D eigenvalue weighted by molar-refractivity contribution is 7.00. The van der Waals surface area contributed by atoms with Crippen LogP contribution in [0, 0.1) is 0 Å². The number of para-hydroxylation sites is 4. The zero-order chi connectivity index (χ0) is 75.4. The van der Waals surface area contributed by atoms with E-state index in [0.29, 0.717) is 5.69 Å². The predicted molar refractivity (Wildman–Crippen MR) is 428 cm³/mol. The summed E-state index contributed by atoms with van der Waals surface area (Å²) < 4.78 is 86.8. The van der Waals surface area contributed by atoms with E-state index in [-0.39, 0.29) is 50.1 Å². The Morgan fingerprint density at radius 3 is 1.41 bits per heavy atom. The molecule has 0 amide bonds. The Morgan fingerprint density at radius 2 is 0.790 bits per heavy atom. The van der Waals surface area contributed by atoms with Crippen molar-refractivity contribution in [3.8, 4) is 44.8 Å². The molecule has 100 heavy (non-hydrogen) atoms. The molecular formula is C94H81BN4O. The van der Waals surface area contributed by atoms with Crippen LogP contribution in [0.5, 0.6) is 0 Å². The quantitative estimate of drug-likeness (QED) is 0.149. The fourth-order valence-corrected chi connectivity index (χ4v) is 15.8. The highest BCUT2D eigenvalue weighted by atomic mass is 16.3. The predicted octanol–water partition coefficient (Wildman–Crippen LogP) is 24.1. The van der Waals surface area contributed by atoms with Crippen LogP contribution in [-0.4, -0.2) is 15.8 Å². The van der Waals surface area contributed by atoms with Gasteiger partial charge in [0.2, 0.25) is 0 Å². The highest BCUT2D eigenvalue weighted by Crippen LogP contribution is 2.54. The molecule has 0 spiro atoms. The summed E-state index contributed by atoms with van der Waals surface area (Å²) in [6.45, 7) is 26.8. The summed E-state index contributed by atoms with van der Waals surface area (Å²) in [7, 11) is 0. The molecule has 5 heterocycles. The van der Waals surface area contributed by atoms with Gasteiger partial charge < -0.3 is 23.4 Å². The maximum absolute atomic E-state index is 9.85. The first-order chi connectivity index (χ1) is 51.4. The van der Waals surface area contributed by atoms with Crippen molar-refractivity contribution in [3.63, 3.8) is 0 Å². The van der Waals surface area contributed by atoms with Gasteiger partial charge >= 0.3 is 0 Å². The largest absolute Gasteiger partial charge is 0.456 e. The van der Waals surface area contributed by atoms with Crippen molar-refractivity contribution in [1.82, 2.24) is 9.13 Å². The fourth-order valence-electron chi connectivity index (χ4n) is 15.8. The molecule has 0 bridgehead atoms. The van der Waals surface area contributed by atoms with Crippen molar-refractivity contribution >= 4 is 123 Å². The second-order valence-electron chi connectivity index (χ2n) is 31.6. The number of nitrogens with zero attached hydrogens (tertiary/aromatic N) is 4. The lowest BCUT2D eigenvalue weighted by Gasteiger charge is -2.45. The molecule has 13 aromatic carbocycles. The van der Waals surface area contributed by atoms with E-state index in [1.54, 1.807) is 4.57 Å². The van der Waals surface area contributed by atoms with Gasteiger partial charge in [0.25, 0.3) is 6.71 Å². The second-order valence-corrected chi connectivity index (χ2v) is 31.6. The third-order valence-corrected chi connectivity index (χ3v) is 21.1. The van der Waals surface area contributed by atoms with Gasteiger partial charge in [-0.1, -0.05) is 265 Å². The van der Waals surface area contributed by atoms with Crippen molar-refractivity contribution in [2.24, 2.45) is 0 Å². The standard InChI is InChI=1S/C94H81BN4O/c1-91(2,3)64-32-27-33-68(54-64)97-78-40-25-21-36-72(78)88-81(97)49-62(58-28-15-13-16-29-58)50-82(88)99-80-57-69(96-76-38-23-19-34-70(76)71-35-20-24-39-77(71)96)43-45-75(80)95-74-44-42-60(61-46-65(92(4,5)6)53-66(47-61)93(7,8)9)48-79(74)98(84-55-67(94(10,11)12)56-85(99)90(84)95)83-51-63(59-30-17-14-18-31-59)52-87-89(83)73-37-22-26-41-86(73)100-87/h13-57H,1-12H3/i19D,20D,23D,24D,34D,35D,38D,39D. The van der Waals surface area contributed by atoms with Crippen LogP contribution in [0.3, 0.4) is 0 Å². The lowest BCUT2D eigenvalue weighted by atomic mass is 9.33. The molecule has 5 nitrogen and oxygen atoms in total. The van der Waals surface area contributed by atoms with Gasteiger partial charge in [0, 0.05) is 61.1 Å². The van der Waals surface area contributed by atoms with E-state index in [0.717, 1.165) is 139 Å². The molecule has 0 atom stereocenters. The summed E-state index contributed by atoms with van der Waals surface area (Å²) in [5.74, 6) is 0. The van der Waals surface area contributed by atoms with Gasteiger partial charge in [-0.25, -0.2) is 0 Å². The maximum Gasteiger partial charge on any atom is 0.252 e. The Morgan fingerprint density at radius 1 is 0.300 bits per heavy atom. The van der Waals surface area contributed by atoms with Crippen molar-refractivity contribution in [2.45, 2.75) is 105 Å². The monoisotopic (exact) mass is 1300 g/mol. The third kappa shape index (κ3) is 9.72. The number of aromatic nitrogens is 2. The fraction of sp³-hybridized carbons (Fsp3) is 0.170. The molecule has 0 saturated heterocycles. The molecule has 2 aliphatic rings. The molecule has 0 radical (unpaired) electrons. The van der Waals surface area contributed by atoms with Crippen molar-refractivity contribution in [3.05, 3.63) is 295 Å². The van der Waals surface area contributed by atoms with E-state index >= 15 is 0 Å². The minimum absolute atomic E-state index is 0.0126. The molecule has 0 unspecified atom stereocenters. The molecule has 0 N–H and O–H groups in total. The number of benzene rings is 13. The van der Waals surface area contributed by atoms with Gasteiger partial charge in [-0.2, -0.15) is 0 Å². The first-order valence-electron chi connectivity index (χ1n) is 38.9. The van der Waals surface area contributed by atoms with Gasteiger partial charge in [0.1, 0.15) is 11.2 Å². The van der Waals surface area contributed by atoms with Crippen molar-refractivity contribution in [2.75, 3.05) is 9.80 Å². The van der Waals surface area contributed by atoms with Gasteiger partial charge in [0.05, 0.1) is 49.8 Å². The van der Waals surface area contributed by atoms with Crippen LogP contribution in [0.4, 0.5) is 34.1 Å². The van der Waals surface area contributed by atoms with Crippen molar-refractivity contribution < 1.29 is 15.4 Å². The van der Waals surface area contributed by atoms with E-state index in [1.165, 1.54) is 16.7 Å². The van der Waals surface area contributed by atoms with E-state index in [2.05, 4.69) is 310 Å². The molecule has 0 saturated carbocycles. The average Bonchev–Trinajstić information content (AvgIpc) is 1.68. The van der Waals surface area contributed by atoms with E-state index in [1.807, 2.05) is 12.1 Å². The average molecular weight is 1300 g/mol. The molecule has 6 heteroatoms. The van der Waals surface area contributed by atoms with E-state index in [4.69, 9.17) is 7.16 Å². The van der Waals surface area contributed by atoms with Gasteiger partial charge in [-0.15, -0.1) is 0 Å². The normalized spacial score (nSPS) is 14.5. The lowest BCUT2D eigenvalue weighted by Crippen LogP contribution is -2.61. The lowest BCUT2D eigenvalue weighted by molar-refractivity contribution is 0.569. The molecule has 3 aromatic heterocycles. The Kier molecular flexibility index (Phi) is 11.8. The minimum atomic E-state index is -0.498. The van der Waals surface area contributed by atoms with Gasteiger partial charge in [-0.3, -0.25) is 0 Å². The van der Waals surface area contributed by atoms with Crippen molar-refractivity contribution in [1.29, 1.82) is 0 Å². The molecular weight excluding hydrogens is 1210 g/mol. The molecule has 2 aliphatic heterocycles. The molecule has 16 aromatic rings. The number of hydrogen-bond donors (Lipinski definition) is 0. The number of fused-ring (bicyclic) bond motifs is 13. The summed E-state index contributed by atoms with van der Waals surface area (Å²) in [6, 6.07) is 78.1. The first-order valence-corrected chi connectivity index (χ1v) is 34.9. The summed E-state index contributed by atoms with van der Waals surface area (Å²) in [4.78, 5) is 4.99. The molecule has 18 rings (SSSR count). The summed E-state index contributed by atoms with van der Waals surface area (Å²) in [5.41, 5.74) is 23.5. The zero-order valence-corrected chi connectivity index (χ0v) is 58.6. The van der Waals surface area contributed by atoms with Crippen LogP contribution < -0.4 is 26.2 Å². The number of furan rings is 1. The van der Waals surface area contributed by atoms with E-state index < -0.39 is 48.4 Å². The Bertz CT molecular complexity index is 6430. The minimum Gasteiger partial charge on any atom is -0.456 e. The summed E-state index contributed by atoms with van der Waals surface area (Å²) >= 11 is 0. The van der Waals surface area contributed by atoms with Crippen LogP contribution in [0.2, 0.25) is 0 Å². The number of hydrogen-bond acceptors (Lipinski definition) is 3.